The van der Waals surface area contributed by atoms with E-state index < -0.39 is 0 Å². The Morgan fingerprint density at radius 2 is 1.40 bits per heavy atom. The van der Waals surface area contributed by atoms with E-state index in [0.29, 0.717) is 0 Å². The fraction of sp³-hybridized carbons (Fsp3) is 0.722. The third kappa shape index (κ3) is 4.22. The van der Waals surface area contributed by atoms with Gasteiger partial charge in [-0.1, -0.05) is 47.0 Å². The Morgan fingerprint density at radius 3 is 1.95 bits per heavy atom. The number of hydrogen-bond donors (Lipinski definition) is 1. The summed E-state index contributed by atoms with van der Waals surface area (Å²) in [6, 6.07) is 0. The second-order valence-electron chi connectivity index (χ2n) is 5.63. The van der Waals surface area contributed by atoms with Gasteiger partial charge in [-0.3, -0.25) is 0 Å². The van der Waals surface area contributed by atoms with E-state index in [1.54, 1.807) is 0 Å². The number of unbranched alkanes of at least 4 members (excludes halogenated alkanes) is 2. The molecular formula is C18H31NO. The lowest BCUT2D eigenvalue weighted by atomic mass is 9.91. The molecule has 0 radical (unpaired) electrons. The van der Waals surface area contributed by atoms with E-state index in [0.717, 1.165) is 49.8 Å². The predicted molar refractivity (Wildman–Crippen MR) is 86.5 cm³/mol. The molecule has 0 aliphatic carbocycles. The number of aromatic nitrogens is 1. The van der Waals surface area contributed by atoms with Crippen LogP contribution in [0.3, 0.4) is 0 Å². The summed E-state index contributed by atoms with van der Waals surface area (Å²) in [5.41, 5.74) is 5.05. The third-order valence-corrected chi connectivity index (χ3v) is 3.99. The fourth-order valence-corrected chi connectivity index (χ4v) is 2.89. The lowest BCUT2D eigenvalue weighted by Gasteiger charge is -2.18. The quantitative estimate of drug-likeness (QED) is 0.690. The first-order valence-electron chi connectivity index (χ1n) is 8.41. The van der Waals surface area contributed by atoms with Crippen molar-refractivity contribution in [1.29, 1.82) is 0 Å². The molecule has 1 N–H and O–H groups in total. The van der Waals surface area contributed by atoms with Gasteiger partial charge in [-0.2, -0.15) is 0 Å². The molecule has 0 aromatic carbocycles. The molecule has 0 amide bonds. The molecule has 1 heterocycles. The van der Waals surface area contributed by atoms with Crippen LogP contribution < -0.4 is 0 Å². The van der Waals surface area contributed by atoms with Crippen LogP contribution in [-0.2, 0) is 25.7 Å². The third-order valence-electron chi connectivity index (χ3n) is 3.99. The summed E-state index contributed by atoms with van der Waals surface area (Å²) in [5, 5.41) is 10.3. The molecule has 1 rings (SSSR count). The van der Waals surface area contributed by atoms with Crippen molar-refractivity contribution in [3.63, 3.8) is 0 Å². The van der Waals surface area contributed by atoms with E-state index in [2.05, 4.69) is 32.7 Å². The first kappa shape index (κ1) is 17.0. The highest BCUT2D eigenvalue weighted by atomic mass is 16.3. The van der Waals surface area contributed by atoms with E-state index in [1.807, 2.05) is 0 Å². The summed E-state index contributed by atoms with van der Waals surface area (Å²) in [5.74, 6) is 0.287. The van der Waals surface area contributed by atoms with Crippen molar-refractivity contribution in [1.82, 2.24) is 4.98 Å². The topological polar surface area (TPSA) is 33.1 Å². The molecule has 0 atom stereocenters. The molecule has 0 spiro atoms. The van der Waals surface area contributed by atoms with E-state index in [4.69, 9.17) is 0 Å². The Labute approximate surface area is 124 Å². The van der Waals surface area contributed by atoms with Crippen molar-refractivity contribution in [2.75, 3.05) is 0 Å². The summed E-state index contributed by atoms with van der Waals surface area (Å²) in [6.07, 6.45) is 9.87. The molecule has 0 aliphatic rings. The lowest BCUT2D eigenvalue weighted by molar-refractivity contribution is 0.440. The van der Waals surface area contributed by atoms with Gasteiger partial charge < -0.3 is 5.11 Å². The fourth-order valence-electron chi connectivity index (χ4n) is 2.89. The Kier molecular flexibility index (Phi) is 7.64. The van der Waals surface area contributed by atoms with Crippen LogP contribution in [0.25, 0.3) is 0 Å². The molecule has 0 saturated carbocycles. The average molecular weight is 277 g/mol. The molecule has 0 fully saturated rings. The van der Waals surface area contributed by atoms with Crippen LogP contribution in [0.15, 0.2) is 0 Å². The van der Waals surface area contributed by atoms with Crippen LogP contribution in [-0.4, -0.2) is 10.1 Å². The standard InChI is InChI=1S/C18H31NO/c1-5-9-12-15-14(8-4)16(11-7-3)18(20)19-17(15)13-10-6-2/h5-13H2,1-4H3,(H,19,20). The maximum Gasteiger partial charge on any atom is 0.214 e. The minimum atomic E-state index is 0.287. The van der Waals surface area contributed by atoms with E-state index >= 15 is 0 Å². The van der Waals surface area contributed by atoms with Crippen molar-refractivity contribution in [2.45, 2.75) is 85.5 Å². The van der Waals surface area contributed by atoms with Gasteiger partial charge in [-0.05, 0) is 49.7 Å². The zero-order valence-electron chi connectivity index (χ0n) is 13.8. The van der Waals surface area contributed by atoms with Crippen LogP contribution in [0.1, 0.15) is 82.2 Å². The van der Waals surface area contributed by atoms with Gasteiger partial charge in [-0.25, -0.2) is 4.98 Å². The molecule has 114 valence electrons. The van der Waals surface area contributed by atoms with Crippen LogP contribution >= 0.6 is 0 Å². The van der Waals surface area contributed by atoms with Crippen molar-refractivity contribution < 1.29 is 5.11 Å². The first-order chi connectivity index (χ1) is 9.69. The molecule has 0 aliphatic heterocycles. The van der Waals surface area contributed by atoms with Crippen molar-refractivity contribution in [2.24, 2.45) is 0 Å². The Balaban J connectivity index is 3.24. The second kappa shape index (κ2) is 8.99. The maximum absolute atomic E-state index is 10.3. The van der Waals surface area contributed by atoms with Crippen molar-refractivity contribution in [3.05, 3.63) is 22.4 Å². The first-order valence-corrected chi connectivity index (χ1v) is 8.41. The number of aromatic hydroxyl groups is 1. The summed E-state index contributed by atoms with van der Waals surface area (Å²) in [7, 11) is 0. The molecular weight excluding hydrogens is 246 g/mol. The second-order valence-corrected chi connectivity index (χ2v) is 5.63. The molecule has 0 bridgehead atoms. The molecule has 0 saturated heterocycles. The smallest absolute Gasteiger partial charge is 0.214 e. The lowest BCUT2D eigenvalue weighted by Crippen LogP contribution is -2.08. The van der Waals surface area contributed by atoms with Crippen LogP contribution in [0.5, 0.6) is 5.88 Å². The summed E-state index contributed by atoms with van der Waals surface area (Å²) in [4.78, 5) is 4.55. The monoisotopic (exact) mass is 277 g/mol. The number of hydrogen-bond acceptors (Lipinski definition) is 2. The summed E-state index contributed by atoms with van der Waals surface area (Å²) >= 11 is 0. The average Bonchev–Trinajstić information content (AvgIpc) is 2.45. The highest BCUT2D eigenvalue weighted by Gasteiger charge is 2.17. The van der Waals surface area contributed by atoms with E-state index in [1.165, 1.54) is 30.4 Å². The molecule has 1 aromatic rings. The van der Waals surface area contributed by atoms with Crippen molar-refractivity contribution in [3.8, 4) is 5.88 Å². The summed E-state index contributed by atoms with van der Waals surface area (Å²) < 4.78 is 0. The minimum absolute atomic E-state index is 0.287. The zero-order valence-corrected chi connectivity index (χ0v) is 13.8. The molecule has 2 heteroatoms. The zero-order chi connectivity index (χ0) is 15.0. The normalized spacial score (nSPS) is 11.0. The van der Waals surface area contributed by atoms with Crippen LogP contribution in [0.4, 0.5) is 0 Å². The Bertz CT molecular complexity index is 412. The number of nitrogens with zero attached hydrogens (tertiary/aromatic N) is 1. The van der Waals surface area contributed by atoms with E-state index in [9.17, 15) is 5.11 Å². The Morgan fingerprint density at radius 1 is 0.750 bits per heavy atom. The van der Waals surface area contributed by atoms with Gasteiger partial charge in [0.1, 0.15) is 0 Å². The van der Waals surface area contributed by atoms with Crippen molar-refractivity contribution >= 4 is 0 Å². The van der Waals surface area contributed by atoms with Gasteiger partial charge in [0.05, 0.1) is 0 Å². The maximum atomic E-state index is 10.3. The molecule has 1 aromatic heterocycles. The number of rotatable bonds is 9. The summed E-state index contributed by atoms with van der Waals surface area (Å²) in [6.45, 7) is 8.80. The van der Waals surface area contributed by atoms with E-state index in [-0.39, 0.29) is 5.88 Å². The van der Waals surface area contributed by atoms with Gasteiger partial charge in [0.2, 0.25) is 5.88 Å². The number of pyridine rings is 1. The SMILES string of the molecule is CCCCc1nc(O)c(CCC)c(CC)c1CCCC. The van der Waals surface area contributed by atoms with Gasteiger partial charge in [-0.15, -0.1) is 0 Å². The highest BCUT2D eigenvalue weighted by molar-refractivity contribution is 5.43. The highest BCUT2D eigenvalue weighted by Crippen LogP contribution is 2.29. The van der Waals surface area contributed by atoms with Gasteiger partial charge >= 0.3 is 0 Å². The molecule has 20 heavy (non-hydrogen) atoms. The largest absolute Gasteiger partial charge is 0.493 e. The Hall–Kier alpha value is -1.05. The molecule has 0 unspecified atom stereocenters. The van der Waals surface area contributed by atoms with Gasteiger partial charge in [0, 0.05) is 11.3 Å². The number of aryl methyl sites for hydroxylation is 1. The van der Waals surface area contributed by atoms with Crippen LogP contribution in [0, 0.1) is 0 Å². The van der Waals surface area contributed by atoms with Gasteiger partial charge in [0.25, 0.3) is 0 Å². The predicted octanol–water partition coefficient (Wildman–Crippen LogP) is 4.99. The van der Waals surface area contributed by atoms with Crippen LogP contribution in [0.2, 0.25) is 0 Å². The van der Waals surface area contributed by atoms with Gasteiger partial charge in [0.15, 0.2) is 0 Å². The minimum Gasteiger partial charge on any atom is -0.493 e. The molecule has 2 nitrogen and oxygen atoms in total.